The molecule has 0 saturated carbocycles. The molecule has 4 rings (SSSR count). The maximum atomic E-state index is 13.4. The normalized spacial score (nSPS) is 11.2. The van der Waals surface area contributed by atoms with E-state index in [4.69, 9.17) is 22.1 Å². The predicted molar refractivity (Wildman–Crippen MR) is 139 cm³/mol. The lowest BCUT2D eigenvalue weighted by Gasteiger charge is -2.14. The monoisotopic (exact) mass is 522 g/mol. The number of rotatable bonds is 6. The van der Waals surface area contributed by atoms with Gasteiger partial charge < -0.3 is 15.8 Å². The molecule has 4 N–H and O–H groups in total. The van der Waals surface area contributed by atoms with Gasteiger partial charge >= 0.3 is 6.03 Å². The van der Waals surface area contributed by atoms with Gasteiger partial charge in [0.25, 0.3) is 5.91 Å². The molecule has 0 fully saturated rings. The van der Waals surface area contributed by atoms with Crippen molar-refractivity contribution in [1.82, 2.24) is 14.8 Å². The molecule has 37 heavy (non-hydrogen) atoms. The molecule has 0 aliphatic carbocycles. The molecule has 2 aromatic carbocycles. The molecular formula is C26H24ClFN6O3. The second-order valence-corrected chi connectivity index (χ2v) is 9.53. The van der Waals surface area contributed by atoms with Crippen molar-refractivity contribution >= 4 is 35.0 Å². The zero-order valence-corrected chi connectivity index (χ0v) is 21.0. The Hall–Kier alpha value is -4.44. The van der Waals surface area contributed by atoms with Crippen molar-refractivity contribution in [2.24, 2.45) is 5.73 Å². The van der Waals surface area contributed by atoms with E-state index in [2.05, 4.69) is 20.7 Å². The lowest BCUT2D eigenvalue weighted by Crippen LogP contribution is -2.21. The summed E-state index contributed by atoms with van der Waals surface area (Å²) in [6.07, 6.45) is 1.39. The van der Waals surface area contributed by atoms with E-state index in [1.165, 1.54) is 30.5 Å². The highest BCUT2D eigenvalue weighted by Gasteiger charge is 2.22. The molecule has 9 nitrogen and oxygen atoms in total. The number of primary amides is 1. The number of amides is 3. The van der Waals surface area contributed by atoms with Crippen LogP contribution in [-0.2, 0) is 5.41 Å². The van der Waals surface area contributed by atoms with Crippen molar-refractivity contribution in [2.75, 3.05) is 10.6 Å². The van der Waals surface area contributed by atoms with Gasteiger partial charge in [-0.05, 0) is 48.5 Å². The van der Waals surface area contributed by atoms with Crippen molar-refractivity contribution < 1.29 is 18.7 Å². The third-order valence-corrected chi connectivity index (χ3v) is 5.49. The van der Waals surface area contributed by atoms with Gasteiger partial charge in [0.05, 0.1) is 16.4 Å². The topological polar surface area (TPSA) is 124 Å². The minimum absolute atomic E-state index is 0.0538. The van der Waals surface area contributed by atoms with E-state index in [0.29, 0.717) is 28.7 Å². The van der Waals surface area contributed by atoms with Gasteiger partial charge in [0.2, 0.25) is 0 Å². The molecule has 0 aliphatic heterocycles. The zero-order valence-electron chi connectivity index (χ0n) is 20.3. The number of hydrogen-bond acceptors (Lipinski definition) is 5. The second-order valence-electron chi connectivity index (χ2n) is 9.12. The van der Waals surface area contributed by atoms with E-state index in [1.807, 2.05) is 20.8 Å². The molecule has 2 heterocycles. The van der Waals surface area contributed by atoms with Gasteiger partial charge in [-0.15, -0.1) is 0 Å². The van der Waals surface area contributed by atoms with E-state index < -0.39 is 11.9 Å². The van der Waals surface area contributed by atoms with Crippen LogP contribution in [-0.4, -0.2) is 26.7 Å². The number of aromatic nitrogens is 3. The second kappa shape index (κ2) is 10.3. The lowest BCUT2D eigenvalue weighted by atomic mass is 9.92. The summed E-state index contributed by atoms with van der Waals surface area (Å²) in [6.45, 7) is 6.00. The molecule has 0 atom stereocenters. The van der Waals surface area contributed by atoms with Crippen LogP contribution in [0.25, 0.3) is 5.69 Å². The largest absolute Gasteiger partial charge is 0.456 e. The summed E-state index contributed by atoms with van der Waals surface area (Å²) in [6, 6.07) is 14.7. The highest BCUT2D eigenvalue weighted by molar-refractivity contribution is 6.32. The summed E-state index contributed by atoms with van der Waals surface area (Å²) in [5, 5.41) is 10.3. The van der Waals surface area contributed by atoms with Crippen LogP contribution in [0.2, 0.25) is 5.02 Å². The highest BCUT2D eigenvalue weighted by Crippen LogP contribution is 2.32. The van der Waals surface area contributed by atoms with E-state index in [0.717, 1.165) is 5.69 Å². The number of carbonyl (C=O) groups is 2. The first-order valence-electron chi connectivity index (χ1n) is 11.2. The van der Waals surface area contributed by atoms with Crippen LogP contribution in [0.4, 0.5) is 20.7 Å². The van der Waals surface area contributed by atoms with E-state index in [-0.39, 0.29) is 21.9 Å². The maximum absolute atomic E-state index is 13.4. The average Bonchev–Trinajstić information content (AvgIpc) is 3.25. The standard InChI is InChI=1S/C26H24ClFN6O3/c1-26(2,3)22-14-23(34(33-22)17-7-4-15(28)5-8-17)32-25(36)31-16-6-9-21(19(27)12-16)37-18-10-11-30-20(13-18)24(29)35/h4-14H,1-3H3,(H2,29,35)(H2,31,32,36). The van der Waals surface area contributed by atoms with Gasteiger partial charge in [0.15, 0.2) is 0 Å². The van der Waals surface area contributed by atoms with E-state index in [1.54, 1.807) is 41.1 Å². The summed E-state index contributed by atoms with van der Waals surface area (Å²) in [5.74, 6) is -0.0208. The third kappa shape index (κ3) is 6.22. The van der Waals surface area contributed by atoms with Crippen LogP contribution in [0.5, 0.6) is 11.5 Å². The summed E-state index contributed by atoms with van der Waals surface area (Å²) < 4.78 is 20.7. The predicted octanol–water partition coefficient (Wildman–Crippen LogP) is 5.89. The molecule has 3 amide bonds. The molecule has 0 bridgehead atoms. The maximum Gasteiger partial charge on any atom is 0.324 e. The number of anilines is 2. The Kier molecular flexibility index (Phi) is 7.12. The Morgan fingerprint density at radius 3 is 2.41 bits per heavy atom. The highest BCUT2D eigenvalue weighted by atomic mass is 35.5. The number of benzene rings is 2. The molecule has 0 saturated heterocycles. The average molecular weight is 523 g/mol. The van der Waals surface area contributed by atoms with Crippen molar-refractivity contribution in [2.45, 2.75) is 26.2 Å². The number of hydrogen-bond donors (Lipinski definition) is 3. The summed E-state index contributed by atoms with van der Waals surface area (Å²) in [4.78, 5) is 28.0. The molecule has 190 valence electrons. The lowest BCUT2D eigenvalue weighted by molar-refractivity contribution is 0.0995. The van der Waals surface area contributed by atoms with Crippen LogP contribution in [0.15, 0.2) is 66.9 Å². The van der Waals surface area contributed by atoms with Gasteiger partial charge in [-0.1, -0.05) is 32.4 Å². The Labute approximate surface area is 217 Å². The van der Waals surface area contributed by atoms with Gasteiger partial charge in [0, 0.05) is 29.4 Å². The number of nitrogens with zero attached hydrogens (tertiary/aromatic N) is 3. The Balaban J connectivity index is 1.50. The summed E-state index contributed by atoms with van der Waals surface area (Å²) >= 11 is 6.35. The number of carbonyl (C=O) groups excluding carboxylic acids is 2. The number of ether oxygens (including phenoxy) is 1. The molecule has 0 spiro atoms. The number of nitrogens with one attached hydrogen (secondary N) is 2. The first-order valence-corrected chi connectivity index (χ1v) is 11.5. The van der Waals surface area contributed by atoms with Gasteiger partial charge in [-0.3, -0.25) is 15.1 Å². The number of pyridine rings is 1. The van der Waals surface area contributed by atoms with Crippen molar-refractivity contribution in [1.29, 1.82) is 0 Å². The molecule has 0 unspecified atom stereocenters. The van der Waals surface area contributed by atoms with Gasteiger partial charge in [-0.25, -0.2) is 13.9 Å². The van der Waals surface area contributed by atoms with Crippen LogP contribution in [0, 0.1) is 5.82 Å². The SMILES string of the molecule is CC(C)(C)c1cc(NC(=O)Nc2ccc(Oc3ccnc(C(N)=O)c3)c(Cl)c2)n(-c2ccc(F)cc2)n1. The number of halogens is 2. The molecule has 4 aromatic rings. The zero-order chi connectivity index (χ0) is 26.7. The first-order chi connectivity index (χ1) is 17.5. The van der Waals surface area contributed by atoms with Crippen molar-refractivity contribution in [3.63, 3.8) is 0 Å². The van der Waals surface area contributed by atoms with Crippen LogP contribution in [0.3, 0.4) is 0 Å². The molecule has 0 radical (unpaired) electrons. The number of nitrogens with two attached hydrogens (primary N) is 1. The van der Waals surface area contributed by atoms with Gasteiger partial charge in [0.1, 0.15) is 28.8 Å². The van der Waals surface area contributed by atoms with Crippen LogP contribution < -0.4 is 21.1 Å². The smallest absolute Gasteiger partial charge is 0.324 e. The fourth-order valence-electron chi connectivity index (χ4n) is 3.29. The van der Waals surface area contributed by atoms with Crippen molar-refractivity contribution in [3.05, 3.63) is 89.1 Å². The summed E-state index contributed by atoms with van der Waals surface area (Å²) in [7, 11) is 0. The van der Waals surface area contributed by atoms with E-state index >= 15 is 0 Å². The minimum atomic E-state index is -0.683. The Morgan fingerprint density at radius 1 is 1.03 bits per heavy atom. The molecule has 11 heteroatoms. The first kappa shape index (κ1) is 25.6. The van der Waals surface area contributed by atoms with Crippen LogP contribution in [0.1, 0.15) is 37.0 Å². The van der Waals surface area contributed by atoms with E-state index in [9.17, 15) is 14.0 Å². The quantitative estimate of drug-likeness (QED) is 0.291. The molecular weight excluding hydrogens is 499 g/mol. The third-order valence-electron chi connectivity index (χ3n) is 5.19. The molecule has 2 aromatic heterocycles. The fraction of sp³-hybridized carbons (Fsp3) is 0.154. The van der Waals surface area contributed by atoms with Gasteiger partial charge in [-0.2, -0.15) is 5.10 Å². The minimum Gasteiger partial charge on any atom is -0.456 e. The van der Waals surface area contributed by atoms with Crippen molar-refractivity contribution in [3.8, 4) is 17.2 Å². The van der Waals surface area contributed by atoms with Crippen LogP contribution >= 0.6 is 11.6 Å². The number of urea groups is 1. The summed E-state index contributed by atoms with van der Waals surface area (Å²) in [5.41, 5.74) is 6.76. The fourth-order valence-corrected chi connectivity index (χ4v) is 3.51. The molecule has 0 aliphatic rings. The Morgan fingerprint density at radius 2 is 1.76 bits per heavy atom. The Bertz CT molecular complexity index is 1460.